The van der Waals surface area contributed by atoms with Crippen LogP contribution in [0.2, 0.25) is 0 Å². The average molecular weight is 314 g/mol. The molecule has 1 amide bonds. The number of carbonyl (C=O) groups excluding carboxylic acids is 1. The van der Waals surface area contributed by atoms with Crippen molar-refractivity contribution in [1.29, 1.82) is 0 Å². The van der Waals surface area contributed by atoms with Crippen LogP contribution in [0.15, 0.2) is 18.2 Å². The molecule has 114 valence electrons. The topological polar surface area (TPSA) is 127 Å². The molecule has 0 saturated carbocycles. The Morgan fingerprint density at radius 2 is 2.19 bits per heavy atom. The van der Waals surface area contributed by atoms with Crippen LogP contribution in [0.1, 0.15) is 16.8 Å². The van der Waals surface area contributed by atoms with Gasteiger partial charge >= 0.3 is 5.69 Å². The fraction of sp³-hybridized carbons (Fsp3) is 0.417. The first-order valence-corrected chi connectivity index (χ1v) is 8.07. The molecule has 1 atom stereocenters. The molecule has 2 N–H and O–H groups in total. The average Bonchev–Trinajstić information content (AvgIpc) is 2.75. The normalized spacial score (nSPS) is 20.1. The minimum Gasteiger partial charge on any atom is -0.502 e. The summed E-state index contributed by atoms with van der Waals surface area (Å²) in [5.74, 6) is -1.40. The molecule has 0 aliphatic carbocycles. The third-order valence-electron chi connectivity index (χ3n) is 3.33. The first-order valence-electron chi connectivity index (χ1n) is 6.25. The van der Waals surface area contributed by atoms with E-state index in [1.165, 1.54) is 12.1 Å². The van der Waals surface area contributed by atoms with E-state index in [0.717, 1.165) is 6.07 Å². The fourth-order valence-electron chi connectivity index (χ4n) is 2.23. The molecule has 1 aliphatic heterocycles. The molecular formula is C12H14N2O6S. The third kappa shape index (κ3) is 3.48. The molecule has 0 aromatic heterocycles. The predicted octanol–water partition coefficient (Wildman–Crippen LogP) is 0.465. The Morgan fingerprint density at radius 3 is 2.76 bits per heavy atom. The highest BCUT2D eigenvalue weighted by atomic mass is 32.2. The molecule has 8 nitrogen and oxygen atoms in total. The summed E-state index contributed by atoms with van der Waals surface area (Å²) in [5, 5.41) is 22.9. The number of sulfone groups is 1. The largest absolute Gasteiger partial charge is 0.502 e. The molecular weight excluding hydrogens is 300 g/mol. The Morgan fingerprint density at radius 1 is 1.48 bits per heavy atom. The molecule has 1 aliphatic rings. The van der Waals surface area contributed by atoms with E-state index >= 15 is 0 Å². The van der Waals surface area contributed by atoms with Crippen LogP contribution in [0.5, 0.6) is 5.75 Å². The number of para-hydroxylation sites is 1. The summed E-state index contributed by atoms with van der Waals surface area (Å²) >= 11 is 0. The van der Waals surface area contributed by atoms with Crippen LogP contribution in [0, 0.1) is 16.0 Å². The summed E-state index contributed by atoms with van der Waals surface area (Å²) in [6.07, 6.45) is 0.476. The fourth-order valence-corrected chi connectivity index (χ4v) is 4.09. The number of amides is 1. The summed E-state index contributed by atoms with van der Waals surface area (Å²) < 4.78 is 22.6. The Labute approximate surface area is 120 Å². The van der Waals surface area contributed by atoms with E-state index in [0.29, 0.717) is 6.42 Å². The van der Waals surface area contributed by atoms with Crippen LogP contribution in [0.4, 0.5) is 5.69 Å². The number of nitro groups is 1. The Bertz CT molecular complexity index is 685. The van der Waals surface area contributed by atoms with Crippen molar-refractivity contribution in [3.05, 3.63) is 33.9 Å². The lowest BCUT2D eigenvalue weighted by atomic mass is 10.1. The van der Waals surface area contributed by atoms with E-state index in [-0.39, 0.29) is 29.5 Å². The molecule has 0 radical (unpaired) electrons. The van der Waals surface area contributed by atoms with Gasteiger partial charge in [0.15, 0.2) is 9.84 Å². The van der Waals surface area contributed by atoms with Gasteiger partial charge in [0.25, 0.3) is 5.91 Å². The minimum absolute atomic E-state index is 0.0220. The Balaban J connectivity index is 2.05. The number of carbonyl (C=O) groups is 1. The molecule has 1 aromatic carbocycles. The van der Waals surface area contributed by atoms with Gasteiger partial charge in [-0.3, -0.25) is 14.9 Å². The quantitative estimate of drug-likeness (QED) is 0.614. The zero-order chi connectivity index (χ0) is 15.6. The zero-order valence-electron chi connectivity index (χ0n) is 11.0. The summed E-state index contributed by atoms with van der Waals surface area (Å²) in [6, 6.07) is 3.66. The van der Waals surface area contributed by atoms with Crippen LogP contribution in [0.25, 0.3) is 0 Å². The smallest absolute Gasteiger partial charge is 0.311 e. The van der Waals surface area contributed by atoms with Crippen molar-refractivity contribution in [2.75, 3.05) is 18.1 Å². The monoisotopic (exact) mass is 314 g/mol. The molecule has 0 spiro atoms. The molecule has 1 saturated heterocycles. The number of hydrogen-bond donors (Lipinski definition) is 2. The molecule has 1 heterocycles. The van der Waals surface area contributed by atoms with E-state index in [2.05, 4.69) is 5.32 Å². The number of nitro benzene ring substituents is 1. The van der Waals surface area contributed by atoms with Crippen molar-refractivity contribution < 1.29 is 23.2 Å². The lowest BCUT2D eigenvalue weighted by Gasteiger charge is -2.10. The van der Waals surface area contributed by atoms with Gasteiger partial charge in [0, 0.05) is 12.6 Å². The molecule has 1 unspecified atom stereocenters. The summed E-state index contributed by atoms with van der Waals surface area (Å²) in [7, 11) is -3.02. The van der Waals surface area contributed by atoms with Gasteiger partial charge in [0.2, 0.25) is 5.75 Å². The van der Waals surface area contributed by atoms with Gasteiger partial charge in [-0.05, 0) is 18.4 Å². The molecule has 21 heavy (non-hydrogen) atoms. The predicted molar refractivity (Wildman–Crippen MR) is 73.9 cm³/mol. The number of phenols is 1. The standard InChI is InChI=1S/C12H14N2O6S/c15-11-9(2-1-3-10(11)14(17)18)12(16)13-6-8-4-5-21(19,20)7-8/h1-3,8,15H,4-7H2,(H,13,16). The van der Waals surface area contributed by atoms with Gasteiger partial charge in [0.1, 0.15) is 0 Å². The number of nitrogens with one attached hydrogen (secondary N) is 1. The first kappa shape index (κ1) is 15.2. The maximum atomic E-state index is 11.9. The van der Waals surface area contributed by atoms with Crippen molar-refractivity contribution >= 4 is 21.4 Å². The lowest BCUT2D eigenvalue weighted by Crippen LogP contribution is -2.29. The van der Waals surface area contributed by atoms with Gasteiger partial charge < -0.3 is 10.4 Å². The molecule has 2 rings (SSSR count). The van der Waals surface area contributed by atoms with Crippen LogP contribution in [-0.2, 0) is 9.84 Å². The highest BCUT2D eigenvalue weighted by Gasteiger charge is 2.28. The van der Waals surface area contributed by atoms with Crippen molar-refractivity contribution in [3.63, 3.8) is 0 Å². The summed E-state index contributed by atoms with van der Waals surface area (Å²) in [6.45, 7) is 0.153. The molecule has 9 heteroatoms. The zero-order valence-corrected chi connectivity index (χ0v) is 11.8. The van der Waals surface area contributed by atoms with Crippen LogP contribution in [0.3, 0.4) is 0 Å². The lowest BCUT2D eigenvalue weighted by molar-refractivity contribution is -0.385. The second-order valence-electron chi connectivity index (χ2n) is 4.91. The number of phenolic OH excluding ortho intramolecular Hbond substituents is 1. The SMILES string of the molecule is O=C(NCC1CCS(=O)(=O)C1)c1cccc([N+](=O)[O-])c1O. The number of hydrogen-bond acceptors (Lipinski definition) is 6. The number of rotatable bonds is 4. The van der Waals surface area contributed by atoms with Crippen molar-refractivity contribution in [2.45, 2.75) is 6.42 Å². The maximum absolute atomic E-state index is 11.9. The van der Waals surface area contributed by atoms with Gasteiger partial charge in [-0.2, -0.15) is 0 Å². The van der Waals surface area contributed by atoms with Crippen molar-refractivity contribution in [3.8, 4) is 5.75 Å². The van der Waals surface area contributed by atoms with E-state index in [4.69, 9.17) is 0 Å². The minimum atomic E-state index is -3.02. The third-order valence-corrected chi connectivity index (χ3v) is 5.17. The molecule has 1 aromatic rings. The van der Waals surface area contributed by atoms with Crippen LogP contribution >= 0.6 is 0 Å². The molecule has 1 fully saturated rings. The maximum Gasteiger partial charge on any atom is 0.311 e. The van der Waals surface area contributed by atoms with E-state index in [1.807, 2.05) is 0 Å². The Kier molecular flexibility index (Phi) is 4.12. The number of nitrogens with zero attached hydrogens (tertiary/aromatic N) is 1. The highest BCUT2D eigenvalue weighted by molar-refractivity contribution is 7.91. The highest BCUT2D eigenvalue weighted by Crippen LogP contribution is 2.29. The Hall–Kier alpha value is -2.16. The van der Waals surface area contributed by atoms with Gasteiger partial charge in [-0.1, -0.05) is 6.07 Å². The van der Waals surface area contributed by atoms with E-state index in [9.17, 15) is 28.4 Å². The van der Waals surface area contributed by atoms with Gasteiger partial charge in [0.05, 0.1) is 22.0 Å². The van der Waals surface area contributed by atoms with Crippen molar-refractivity contribution in [1.82, 2.24) is 5.32 Å². The second kappa shape index (κ2) is 5.68. The van der Waals surface area contributed by atoms with E-state index in [1.54, 1.807) is 0 Å². The number of aromatic hydroxyl groups is 1. The molecule has 0 bridgehead atoms. The first-order chi connectivity index (χ1) is 9.80. The van der Waals surface area contributed by atoms with Gasteiger partial charge in [-0.25, -0.2) is 8.42 Å². The van der Waals surface area contributed by atoms with Gasteiger partial charge in [-0.15, -0.1) is 0 Å². The second-order valence-corrected chi connectivity index (χ2v) is 7.14. The van der Waals surface area contributed by atoms with Crippen LogP contribution < -0.4 is 5.32 Å². The van der Waals surface area contributed by atoms with Crippen LogP contribution in [-0.4, -0.2) is 42.4 Å². The van der Waals surface area contributed by atoms with Crippen molar-refractivity contribution in [2.24, 2.45) is 5.92 Å². The summed E-state index contributed by atoms with van der Waals surface area (Å²) in [5.41, 5.74) is -0.754. The van der Waals surface area contributed by atoms with E-state index < -0.39 is 32.1 Å². The summed E-state index contributed by atoms with van der Waals surface area (Å²) in [4.78, 5) is 21.8. The number of benzene rings is 1.